The Morgan fingerprint density at radius 3 is 3.00 bits per heavy atom. The lowest BCUT2D eigenvalue weighted by atomic mass is 10.1. The van der Waals surface area contributed by atoms with Gasteiger partial charge in [-0.25, -0.2) is 9.97 Å². The van der Waals surface area contributed by atoms with Crippen molar-refractivity contribution in [2.75, 3.05) is 12.3 Å². The average molecular weight is 332 g/mol. The van der Waals surface area contributed by atoms with Crippen molar-refractivity contribution in [1.82, 2.24) is 14.5 Å². The van der Waals surface area contributed by atoms with Gasteiger partial charge in [0.05, 0.1) is 18.1 Å². The molecule has 0 unspecified atom stereocenters. The van der Waals surface area contributed by atoms with Crippen LogP contribution in [0.4, 0.5) is 5.82 Å². The first-order valence-corrected chi connectivity index (χ1v) is 8.21. The minimum Gasteiger partial charge on any atom is -0.394 e. The third kappa shape index (κ3) is 2.31. The number of anilines is 1. The second kappa shape index (κ2) is 5.57. The fraction of sp³-hybridized carbons (Fsp3) is 0.333. The van der Waals surface area contributed by atoms with Gasteiger partial charge in [-0.15, -0.1) is 0 Å². The summed E-state index contributed by atoms with van der Waals surface area (Å²) in [7, 11) is 0. The maximum Gasteiger partial charge on any atom is 0.148 e. The van der Waals surface area contributed by atoms with E-state index in [1.165, 1.54) is 6.33 Å². The van der Waals surface area contributed by atoms with E-state index in [1.54, 1.807) is 11.3 Å². The highest BCUT2D eigenvalue weighted by Gasteiger charge is 2.35. The van der Waals surface area contributed by atoms with E-state index in [0.29, 0.717) is 17.9 Å². The van der Waals surface area contributed by atoms with E-state index in [9.17, 15) is 10.2 Å². The normalized spacial score (nSPS) is 24.5. The average Bonchev–Trinajstić information content (AvgIpc) is 3.24. The number of rotatable bonds is 3. The first-order chi connectivity index (χ1) is 11.2. The van der Waals surface area contributed by atoms with E-state index in [-0.39, 0.29) is 6.61 Å². The Bertz CT molecular complexity index is 833. The van der Waals surface area contributed by atoms with Gasteiger partial charge >= 0.3 is 0 Å². The molecule has 0 aliphatic carbocycles. The Hall–Kier alpha value is -2.00. The zero-order chi connectivity index (χ0) is 16.0. The molecule has 8 heteroatoms. The van der Waals surface area contributed by atoms with Gasteiger partial charge in [-0.2, -0.15) is 11.3 Å². The zero-order valence-electron chi connectivity index (χ0n) is 12.2. The Labute approximate surface area is 136 Å². The van der Waals surface area contributed by atoms with Crippen molar-refractivity contribution in [3.8, 4) is 11.1 Å². The highest BCUT2D eigenvalue weighted by molar-refractivity contribution is 7.08. The molecule has 3 atom stereocenters. The van der Waals surface area contributed by atoms with Gasteiger partial charge in [-0.3, -0.25) is 0 Å². The number of thiophene rings is 1. The lowest BCUT2D eigenvalue weighted by Gasteiger charge is -2.14. The Balaban J connectivity index is 1.87. The number of fused-ring (bicyclic) bond motifs is 1. The summed E-state index contributed by atoms with van der Waals surface area (Å²) in [5.74, 6) is 0.409. The predicted octanol–water partition coefficient (Wildman–Crippen LogP) is 1.38. The van der Waals surface area contributed by atoms with Gasteiger partial charge in [0.2, 0.25) is 0 Å². The summed E-state index contributed by atoms with van der Waals surface area (Å²) in [6.45, 7) is -0.217. The van der Waals surface area contributed by atoms with Crippen LogP contribution in [0.25, 0.3) is 22.2 Å². The second-order valence-corrected chi connectivity index (χ2v) is 6.31. The number of aliphatic hydroxyl groups excluding tert-OH is 2. The fourth-order valence-electron chi connectivity index (χ4n) is 3.01. The maximum atomic E-state index is 9.98. The van der Waals surface area contributed by atoms with Gasteiger partial charge in [-0.05, 0) is 22.4 Å². The summed E-state index contributed by atoms with van der Waals surface area (Å²) >= 11 is 1.60. The third-order valence-electron chi connectivity index (χ3n) is 4.17. The van der Waals surface area contributed by atoms with E-state index >= 15 is 0 Å². The van der Waals surface area contributed by atoms with Crippen LogP contribution in [0.3, 0.4) is 0 Å². The van der Waals surface area contributed by atoms with Crippen molar-refractivity contribution in [1.29, 1.82) is 0 Å². The topological polar surface area (TPSA) is 106 Å². The number of nitrogen functional groups attached to an aromatic ring is 1. The quantitative estimate of drug-likeness (QED) is 0.669. The molecular weight excluding hydrogens is 316 g/mol. The molecule has 0 aromatic carbocycles. The molecule has 1 saturated heterocycles. The molecule has 0 saturated carbocycles. The molecule has 23 heavy (non-hydrogen) atoms. The van der Waals surface area contributed by atoms with Crippen molar-refractivity contribution in [2.24, 2.45) is 0 Å². The lowest BCUT2D eigenvalue weighted by Crippen LogP contribution is -2.24. The molecule has 0 spiro atoms. The van der Waals surface area contributed by atoms with Crippen molar-refractivity contribution in [3.05, 3.63) is 29.4 Å². The van der Waals surface area contributed by atoms with Crippen LogP contribution < -0.4 is 5.73 Å². The first-order valence-electron chi connectivity index (χ1n) is 7.27. The van der Waals surface area contributed by atoms with Gasteiger partial charge < -0.3 is 25.3 Å². The molecule has 1 fully saturated rings. The molecular formula is C15H16N4O3S. The molecule has 1 aliphatic heterocycles. The molecule has 3 aromatic heterocycles. The smallest absolute Gasteiger partial charge is 0.148 e. The molecule has 4 rings (SSSR count). The van der Waals surface area contributed by atoms with E-state index in [2.05, 4.69) is 9.97 Å². The maximum absolute atomic E-state index is 9.98. The van der Waals surface area contributed by atoms with Gasteiger partial charge in [0.15, 0.2) is 0 Å². The Morgan fingerprint density at radius 1 is 1.43 bits per heavy atom. The molecule has 7 nitrogen and oxygen atoms in total. The largest absolute Gasteiger partial charge is 0.394 e. The first kappa shape index (κ1) is 14.6. The van der Waals surface area contributed by atoms with Crippen LogP contribution in [-0.2, 0) is 4.74 Å². The minimum absolute atomic E-state index is 0.217. The summed E-state index contributed by atoms with van der Waals surface area (Å²) in [6, 6.07) is 2.01. The summed E-state index contributed by atoms with van der Waals surface area (Å²) in [4.78, 5) is 8.43. The number of nitrogens with zero attached hydrogens (tertiary/aromatic N) is 3. The number of aliphatic hydroxyl groups is 2. The number of nitrogens with two attached hydrogens (primary N) is 1. The summed E-state index contributed by atoms with van der Waals surface area (Å²) < 4.78 is 7.61. The molecule has 1 aliphatic rings. The molecule has 4 N–H and O–H groups in total. The number of aromatic nitrogens is 3. The number of ether oxygens (including phenoxy) is 1. The molecule has 120 valence electrons. The fourth-order valence-corrected chi connectivity index (χ4v) is 3.67. The minimum atomic E-state index is -0.703. The van der Waals surface area contributed by atoms with Crippen LogP contribution in [0.1, 0.15) is 12.6 Å². The molecule has 0 radical (unpaired) electrons. The van der Waals surface area contributed by atoms with Crippen molar-refractivity contribution < 1.29 is 14.9 Å². The predicted molar refractivity (Wildman–Crippen MR) is 86.9 cm³/mol. The van der Waals surface area contributed by atoms with Crippen LogP contribution >= 0.6 is 11.3 Å². The van der Waals surface area contributed by atoms with E-state index in [4.69, 9.17) is 10.5 Å². The third-order valence-corrected chi connectivity index (χ3v) is 4.85. The zero-order valence-corrected chi connectivity index (χ0v) is 13.0. The van der Waals surface area contributed by atoms with Gasteiger partial charge in [0.25, 0.3) is 0 Å². The Morgan fingerprint density at radius 2 is 2.30 bits per heavy atom. The van der Waals surface area contributed by atoms with Gasteiger partial charge in [0.1, 0.15) is 30.1 Å². The van der Waals surface area contributed by atoms with Crippen molar-refractivity contribution in [3.63, 3.8) is 0 Å². The Kier molecular flexibility index (Phi) is 3.53. The van der Waals surface area contributed by atoms with Crippen LogP contribution in [0, 0.1) is 0 Å². The van der Waals surface area contributed by atoms with Gasteiger partial charge in [-0.1, -0.05) is 0 Å². The van der Waals surface area contributed by atoms with Crippen LogP contribution in [0.5, 0.6) is 0 Å². The van der Waals surface area contributed by atoms with Crippen LogP contribution in [-0.4, -0.2) is 43.6 Å². The van der Waals surface area contributed by atoms with E-state index in [0.717, 1.165) is 16.5 Å². The summed E-state index contributed by atoms with van der Waals surface area (Å²) in [6.07, 6.45) is 2.05. The lowest BCUT2D eigenvalue weighted by molar-refractivity contribution is -0.0430. The van der Waals surface area contributed by atoms with Crippen molar-refractivity contribution >= 4 is 28.2 Å². The SMILES string of the molecule is Nc1ncnc2c1c(-c1ccsc1)cn2[C@H]1C[C@H](O)[C@@H](CO)O1. The molecule has 0 bridgehead atoms. The monoisotopic (exact) mass is 332 g/mol. The standard InChI is InChI=1S/C15H16N4O3S/c16-14-13-9(8-1-2-23-6-8)4-19(15(13)18-7-17-14)12-3-10(21)11(5-20)22-12/h1-2,4,6-7,10-12,20-21H,3,5H2,(H2,16,17,18)/t10-,11+,12+/m0/s1. The second-order valence-electron chi connectivity index (χ2n) is 5.53. The van der Waals surface area contributed by atoms with Gasteiger partial charge in [0, 0.05) is 18.2 Å². The van der Waals surface area contributed by atoms with Crippen LogP contribution in [0.2, 0.25) is 0 Å². The summed E-state index contributed by atoms with van der Waals surface area (Å²) in [5.41, 5.74) is 8.70. The highest BCUT2D eigenvalue weighted by atomic mass is 32.1. The van der Waals surface area contributed by atoms with E-state index in [1.807, 2.05) is 27.6 Å². The molecule has 3 aromatic rings. The van der Waals surface area contributed by atoms with Crippen molar-refractivity contribution in [2.45, 2.75) is 24.9 Å². The molecule has 4 heterocycles. The highest BCUT2D eigenvalue weighted by Crippen LogP contribution is 2.38. The van der Waals surface area contributed by atoms with E-state index < -0.39 is 18.4 Å². The number of hydrogen-bond donors (Lipinski definition) is 3. The van der Waals surface area contributed by atoms with Crippen LogP contribution in [0.15, 0.2) is 29.4 Å². The summed E-state index contributed by atoms with van der Waals surface area (Å²) in [5, 5.41) is 24.1. The number of hydrogen-bond acceptors (Lipinski definition) is 7. The molecule has 0 amide bonds.